The van der Waals surface area contributed by atoms with E-state index in [2.05, 4.69) is 15.6 Å². The molecular weight excluding hydrogens is 542 g/mol. The van der Waals surface area contributed by atoms with Crippen molar-refractivity contribution in [2.45, 2.75) is 58.9 Å². The van der Waals surface area contributed by atoms with Gasteiger partial charge in [0.25, 0.3) is 0 Å². The minimum Gasteiger partial charge on any atom is -0.480 e. The van der Waals surface area contributed by atoms with E-state index < -0.39 is 11.9 Å². The van der Waals surface area contributed by atoms with Gasteiger partial charge in [-0.3, -0.25) is 33.9 Å². The lowest BCUT2D eigenvalue weighted by Gasteiger charge is -2.24. The number of carbonyl (C=O) groups excluding carboxylic acids is 2. The van der Waals surface area contributed by atoms with E-state index >= 15 is 0 Å². The molecule has 0 spiro atoms. The molecule has 2 unspecified atom stereocenters. The van der Waals surface area contributed by atoms with Crippen molar-refractivity contribution in [3.8, 4) is 0 Å². The van der Waals surface area contributed by atoms with E-state index in [1.807, 2.05) is 23.4 Å². The first-order valence-corrected chi connectivity index (χ1v) is 15.4. The summed E-state index contributed by atoms with van der Waals surface area (Å²) in [6, 6.07) is 0. The molecule has 0 aromatic carbocycles. The van der Waals surface area contributed by atoms with Gasteiger partial charge >= 0.3 is 11.9 Å². The second-order valence-electron chi connectivity index (χ2n) is 12.4. The van der Waals surface area contributed by atoms with Crippen molar-refractivity contribution in [3.63, 3.8) is 0 Å². The van der Waals surface area contributed by atoms with Gasteiger partial charge in [0, 0.05) is 64.7 Å². The van der Waals surface area contributed by atoms with Gasteiger partial charge in [0.15, 0.2) is 0 Å². The van der Waals surface area contributed by atoms with Gasteiger partial charge in [0.1, 0.15) is 5.78 Å². The van der Waals surface area contributed by atoms with Crippen molar-refractivity contribution in [1.82, 2.24) is 35.0 Å². The van der Waals surface area contributed by atoms with Crippen LogP contribution < -0.4 is 5.32 Å². The molecule has 42 heavy (non-hydrogen) atoms. The second kappa shape index (κ2) is 15.0. The predicted molar refractivity (Wildman–Crippen MR) is 154 cm³/mol. The lowest BCUT2D eigenvalue weighted by Crippen LogP contribution is -2.43. The van der Waals surface area contributed by atoms with Crippen LogP contribution in [-0.2, 0) is 38.6 Å². The van der Waals surface area contributed by atoms with Gasteiger partial charge < -0.3 is 15.5 Å². The number of hydrogen-bond donors (Lipinski definition) is 3. The smallest absolute Gasteiger partial charge is 0.317 e. The van der Waals surface area contributed by atoms with Gasteiger partial charge in [-0.05, 0) is 49.9 Å². The van der Waals surface area contributed by atoms with Crippen molar-refractivity contribution >= 4 is 23.6 Å². The standard InChI is InChI=1S/C29H47N7O6/c1-20(2)26(37)16-23-21-4-6-24-25(7-5-22(21)23)36(32-31-24)9-3-8-30-27(38)17-33-10-12-34(18-28(39)40)14-15-35(13-11-33)19-29(41)42/h20-23H,3-19H2,1-2H3,(H,30,38)(H,39,40)(H,41,42)/t21?,22?,23-/m0/s1. The van der Waals surface area contributed by atoms with Gasteiger partial charge in [-0.25, -0.2) is 4.68 Å². The number of carboxylic acid groups (broad SMARTS) is 2. The molecule has 1 aromatic heterocycles. The van der Waals surface area contributed by atoms with Crippen LogP contribution in [0.2, 0.25) is 0 Å². The molecule has 3 atom stereocenters. The van der Waals surface area contributed by atoms with Crippen LogP contribution in [0.3, 0.4) is 0 Å². The summed E-state index contributed by atoms with van der Waals surface area (Å²) in [5.41, 5.74) is 2.26. The molecule has 4 rings (SSSR count). The minimum atomic E-state index is -0.929. The van der Waals surface area contributed by atoms with Crippen LogP contribution in [0.4, 0.5) is 0 Å². The number of nitrogens with one attached hydrogen (secondary N) is 1. The Bertz CT molecular complexity index is 1080. The summed E-state index contributed by atoms with van der Waals surface area (Å²) in [6.45, 7) is 8.04. The molecule has 3 N–H and O–H groups in total. The SMILES string of the molecule is CC(C)C(=O)C[C@H]1C2CCc3nnn(CCCNC(=O)CN4CCN(CC(=O)O)CCN(CC(=O)O)CC4)c3CCC21. The summed E-state index contributed by atoms with van der Waals surface area (Å²) >= 11 is 0. The number of hydrogen-bond acceptors (Lipinski definition) is 9. The van der Waals surface area contributed by atoms with E-state index in [1.54, 1.807) is 9.80 Å². The molecule has 2 fully saturated rings. The van der Waals surface area contributed by atoms with Crippen LogP contribution in [0.15, 0.2) is 0 Å². The fraction of sp³-hybridized carbons (Fsp3) is 0.793. The highest BCUT2D eigenvalue weighted by molar-refractivity contribution is 5.81. The zero-order chi connectivity index (χ0) is 30.2. The number of rotatable bonds is 13. The first-order valence-electron chi connectivity index (χ1n) is 15.4. The average Bonchev–Trinajstić information content (AvgIpc) is 3.37. The molecule has 1 saturated heterocycles. The quantitative estimate of drug-likeness (QED) is 0.270. The topological polar surface area (TPSA) is 161 Å². The van der Waals surface area contributed by atoms with Gasteiger partial charge in [-0.15, -0.1) is 5.10 Å². The van der Waals surface area contributed by atoms with Crippen LogP contribution in [0, 0.1) is 23.7 Å². The maximum atomic E-state index is 12.8. The molecule has 1 aromatic rings. The van der Waals surface area contributed by atoms with Crippen LogP contribution >= 0.6 is 0 Å². The Kier molecular flexibility index (Phi) is 11.4. The second-order valence-corrected chi connectivity index (χ2v) is 12.4. The molecule has 0 bridgehead atoms. The lowest BCUT2D eigenvalue weighted by molar-refractivity contribution is -0.140. The number of carbonyl (C=O) groups is 4. The highest BCUT2D eigenvalue weighted by Crippen LogP contribution is 2.54. The zero-order valence-electron chi connectivity index (χ0n) is 25.0. The first kappa shape index (κ1) is 32.0. The highest BCUT2D eigenvalue weighted by atomic mass is 16.4. The molecule has 1 saturated carbocycles. The summed E-state index contributed by atoms with van der Waals surface area (Å²) in [4.78, 5) is 53.0. The lowest BCUT2D eigenvalue weighted by atomic mass is 10.0. The third kappa shape index (κ3) is 9.30. The number of aryl methyl sites for hydroxylation is 2. The Morgan fingerprint density at radius 3 is 1.95 bits per heavy atom. The maximum absolute atomic E-state index is 12.8. The number of aliphatic carboxylic acids is 2. The predicted octanol–water partition coefficient (Wildman–Crippen LogP) is 0.229. The number of fused-ring (bicyclic) bond motifs is 2. The van der Waals surface area contributed by atoms with Crippen LogP contribution in [0.5, 0.6) is 0 Å². The van der Waals surface area contributed by atoms with Crippen LogP contribution in [-0.4, -0.2) is 129 Å². The molecule has 1 aliphatic heterocycles. The van der Waals surface area contributed by atoms with Crippen LogP contribution in [0.25, 0.3) is 0 Å². The van der Waals surface area contributed by atoms with Gasteiger partial charge in [-0.1, -0.05) is 19.1 Å². The van der Waals surface area contributed by atoms with Gasteiger partial charge in [0.05, 0.1) is 31.0 Å². The fourth-order valence-corrected chi connectivity index (χ4v) is 6.53. The van der Waals surface area contributed by atoms with E-state index in [4.69, 9.17) is 0 Å². The summed E-state index contributed by atoms with van der Waals surface area (Å²) < 4.78 is 1.98. The highest BCUT2D eigenvalue weighted by Gasteiger charge is 2.50. The summed E-state index contributed by atoms with van der Waals surface area (Å²) in [5.74, 6) is 0.301. The first-order chi connectivity index (χ1) is 20.1. The van der Waals surface area contributed by atoms with Crippen LogP contribution in [0.1, 0.15) is 50.9 Å². The molecule has 1 amide bonds. The number of carboxylic acids is 2. The molecular formula is C29H47N7O6. The Morgan fingerprint density at radius 2 is 1.40 bits per heavy atom. The number of nitrogens with zero attached hydrogens (tertiary/aromatic N) is 6. The fourth-order valence-electron chi connectivity index (χ4n) is 6.53. The molecule has 2 heterocycles. The number of Topliss-reactive ketones (excluding diaryl/α,β-unsaturated/α-hetero) is 1. The third-order valence-electron chi connectivity index (χ3n) is 9.09. The van der Waals surface area contributed by atoms with E-state index in [0.29, 0.717) is 82.3 Å². The molecule has 13 nitrogen and oxygen atoms in total. The Hall–Kier alpha value is -2.90. The van der Waals surface area contributed by atoms with Crippen molar-refractivity contribution in [2.24, 2.45) is 23.7 Å². The van der Waals surface area contributed by atoms with Gasteiger partial charge in [0.2, 0.25) is 5.91 Å². The normalized spacial score (nSPS) is 23.9. The molecule has 3 aliphatic rings. The van der Waals surface area contributed by atoms with Crippen molar-refractivity contribution < 1.29 is 29.4 Å². The van der Waals surface area contributed by atoms with Gasteiger partial charge in [-0.2, -0.15) is 0 Å². The minimum absolute atomic E-state index is 0.103. The van der Waals surface area contributed by atoms with Crippen molar-refractivity contribution in [2.75, 3.05) is 65.4 Å². The monoisotopic (exact) mass is 589 g/mol. The summed E-state index contributed by atoms with van der Waals surface area (Å²) in [7, 11) is 0. The van der Waals surface area contributed by atoms with Crippen molar-refractivity contribution in [1.29, 1.82) is 0 Å². The van der Waals surface area contributed by atoms with E-state index in [9.17, 15) is 29.4 Å². The maximum Gasteiger partial charge on any atom is 0.317 e. The van der Waals surface area contributed by atoms with E-state index in [0.717, 1.165) is 37.8 Å². The molecule has 0 radical (unpaired) electrons. The summed E-state index contributed by atoms with van der Waals surface area (Å²) in [5, 5.41) is 30.3. The van der Waals surface area contributed by atoms with Crippen molar-refractivity contribution in [3.05, 3.63) is 11.4 Å². The molecule has 234 valence electrons. The Labute approximate surface area is 247 Å². The zero-order valence-corrected chi connectivity index (χ0v) is 25.0. The third-order valence-corrected chi connectivity index (χ3v) is 9.09. The van der Waals surface area contributed by atoms with E-state index in [-0.39, 0.29) is 31.5 Å². The number of amides is 1. The largest absolute Gasteiger partial charge is 0.480 e. The summed E-state index contributed by atoms with van der Waals surface area (Å²) in [6.07, 6.45) is 5.40. The Morgan fingerprint density at radius 1 is 0.857 bits per heavy atom. The number of aromatic nitrogens is 3. The Balaban J connectivity index is 1.21. The molecule has 2 aliphatic carbocycles. The van der Waals surface area contributed by atoms with E-state index in [1.165, 1.54) is 5.69 Å². The molecule has 13 heteroatoms. The average molecular weight is 590 g/mol. The number of ketones is 1.